The van der Waals surface area contributed by atoms with E-state index >= 15 is 0 Å². The van der Waals surface area contributed by atoms with Crippen LogP contribution in [0, 0.1) is 0 Å². The van der Waals surface area contributed by atoms with Crippen molar-refractivity contribution in [2.45, 2.75) is 24.7 Å². The largest absolute Gasteiger partial charge is 0.298 e. The molecule has 7 nitrogen and oxygen atoms in total. The van der Waals surface area contributed by atoms with E-state index in [1.54, 1.807) is 19.4 Å². The Hall–Kier alpha value is -2.62. The number of rotatable bonds is 8. The molecule has 1 N–H and O–H groups in total. The summed E-state index contributed by atoms with van der Waals surface area (Å²) >= 11 is 1.31. The number of amides is 1. The second-order valence-electron chi connectivity index (χ2n) is 6.44. The van der Waals surface area contributed by atoms with Crippen molar-refractivity contribution in [3.8, 4) is 11.3 Å². The van der Waals surface area contributed by atoms with Gasteiger partial charge < -0.3 is 0 Å². The number of carbonyl (C=O) groups excluding carboxylic acids is 1. The smallest absolute Gasteiger partial charge is 0.257 e. The summed E-state index contributed by atoms with van der Waals surface area (Å²) in [6.45, 7) is 2.47. The standard InChI is InChI=1S/C20H22N4O3S2/c1-3-4-12-24(2)29(26,27)17-9-7-15(8-10-17)19(25)23-20-22-18(14-28-20)16-6-5-11-21-13-16/h5-11,13-14H,3-4,12H2,1-2H3,(H,22,23,25). The Kier molecular flexibility index (Phi) is 6.73. The minimum Gasteiger partial charge on any atom is -0.298 e. The molecule has 0 atom stereocenters. The summed E-state index contributed by atoms with van der Waals surface area (Å²) in [5, 5.41) is 5.05. The van der Waals surface area contributed by atoms with Gasteiger partial charge in [-0.15, -0.1) is 11.3 Å². The average Bonchev–Trinajstić information content (AvgIpc) is 3.21. The summed E-state index contributed by atoms with van der Waals surface area (Å²) in [6.07, 6.45) is 5.10. The van der Waals surface area contributed by atoms with E-state index in [4.69, 9.17) is 0 Å². The van der Waals surface area contributed by atoms with Crippen LogP contribution in [0.3, 0.4) is 0 Å². The number of nitrogens with zero attached hydrogens (tertiary/aromatic N) is 3. The number of sulfonamides is 1. The summed E-state index contributed by atoms with van der Waals surface area (Å²) in [5.41, 5.74) is 1.96. The van der Waals surface area contributed by atoms with E-state index < -0.39 is 10.0 Å². The molecule has 1 amide bonds. The number of hydrogen-bond donors (Lipinski definition) is 1. The van der Waals surface area contributed by atoms with Gasteiger partial charge in [0.1, 0.15) is 0 Å². The number of nitrogens with one attached hydrogen (secondary N) is 1. The molecule has 0 aliphatic carbocycles. The fourth-order valence-corrected chi connectivity index (χ4v) is 4.53. The average molecular weight is 431 g/mol. The van der Waals surface area contributed by atoms with Crippen molar-refractivity contribution < 1.29 is 13.2 Å². The van der Waals surface area contributed by atoms with Gasteiger partial charge in [-0.25, -0.2) is 17.7 Å². The lowest BCUT2D eigenvalue weighted by Gasteiger charge is -2.16. The van der Waals surface area contributed by atoms with Crippen LogP contribution in [0.15, 0.2) is 59.1 Å². The van der Waals surface area contributed by atoms with Crippen LogP contribution in [-0.4, -0.2) is 42.2 Å². The first-order valence-corrected chi connectivity index (χ1v) is 11.5. The molecule has 0 radical (unpaired) electrons. The number of carbonyl (C=O) groups is 1. The van der Waals surface area contributed by atoms with Crippen LogP contribution in [0.4, 0.5) is 5.13 Å². The topological polar surface area (TPSA) is 92.3 Å². The summed E-state index contributed by atoms with van der Waals surface area (Å²) < 4.78 is 26.5. The van der Waals surface area contributed by atoms with Crippen LogP contribution in [0.25, 0.3) is 11.3 Å². The van der Waals surface area contributed by atoms with E-state index in [0.717, 1.165) is 24.1 Å². The molecule has 29 heavy (non-hydrogen) atoms. The third-order valence-electron chi connectivity index (χ3n) is 4.33. The lowest BCUT2D eigenvalue weighted by atomic mass is 10.2. The van der Waals surface area contributed by atoms with Gasteiger partial charge in [0, 0.05) is 42.5 Å². The highest BCUT2D eigenvalue weighted by Crippen LogP contribution is 2.24. The number of benzene rings is 1. The second kappa shape index (κ2) is 9.25. The summed E-state index contributed by atoms with van der Waals surface area (Å²) in [6, 6.07) is 9.63. The first kappa shape index (κ1) is 21.1. The minimum atomic E-state index is -3.55. The van der Waals surface area contributed by atoms with Crippen molar-refractivity contribution in [1.29, 1.82) is 0 Å². The maximum Gasteiger partial charge on any atom is 0.257 e. The van der Waals surface area contributed by atoms with Crippen LogP contribution >= 0.6 is 11.3 Å². The third-order valence-corrected chi connectivity index (χ3v) is 6.96. The van der Waals surface area contributed by atoms with Crippen molar-refractivity contribution in [1.82, 2.24) is 14.3 Å². The Bertz CT molecular complexity index is 1060. The Morgan fingerprint density at radius 1 is 1.21 bits per heavy atom. The van der Waals surface area contributed by atoms with E-state index in [1.165, 1.54) is 39.9 Å². The molecule has 2 aromatic heterocycles. The number of anilines is 1. The van der Waals surface area contributed by atoms with Gasteiger partial charge in [-0.3, -0.25) is 15.1 Å². The van der Waals surface area contributed by atoms with Gasteiger partial charge in [0.15, 0.2) is 5.13 Å². The molecule has 0 fully saturated rings. The number of aromatic nitrogens is 2. The van der Waals surface area contributed by atoms with Gasteiger partial charge in [0.05, 0.1) is 10.6 Å². The molecular weight excluding hydrogens is 408 g/mol. The van der Waals surface area contributed by atoms with E-state index in [-0.39, 0.29) is 10.8 Å². The van der Waals surface area contributed by atoms with Crippen LogP contribution in [0.2, 0.25) is 0 Å². The van der Waals surface area contributed by atoms with Crippen LogP contribution < -0.4 is 5.32 Å². The van der Waals surface area contributed by atoms with E-state index in [9.17, 15) is 13.2 Å². The van der Waals surface area contributed by atoms with E-state index in [1.807, 2.05) is 24.4 Å². The van der Waals surface area contributed by atoms with Gasteiger partial charge in [-0.05, 0) is 42.8 Å². The highest BCUT2D eigenvalue weighted by atomic mass is 32.2. The SMILES string of the molecule is CCCCN(C)S(=O)(=O)c1ccc(C(=O)Nc2nc(-c3cccnc3)cs2)cc1. The molecule has 3 rings (SSSR count). The van der Waals surface area contributed by atoms with Crippen molar-refractivity contribution in [3.63, 3.8) is 0 Å². The zero-order valence-electron chi connectivity index (χ0n) is 16.2. The van der Waals surface area contributed by atoms with Crippen molar-refractivity contribution in [2.24, 2.45) is 0 Å². The highest BCUT2D eigenvalue weighted by molar-refractivity contribution is 7.89. The number of unbranched alkanes of at least 4 members (excludes halogenated alkanes) is 1. The molecule has 0 bridgehead atoms. The molecule has 0 aliphatic heterocycles. The highest BCUT2D eigenvalue weighted by Gasteiger charge is 2.20. The second-order valence-corrected chi connectivity index (χ2v) is 9.34. The molecule has 1 aromatic carbocycles. The molecule has 3 aromatic rings. The summed E-state index contributed by atoms with van der Waals surface area (Å²) in [4.78, 5) is 21.1. The lowest BCUT2D eigenvalue weighted by molar-refractivity contribution is 0.102. The molecule has 152 valence electrons. The molecule has 0 aliphatic rings. The van der Waals surface area contributed by atoms with Gasteiger partial charge in [0.25, 0.3) is 5.91 Å². The normalized spacial score (nSPS) is 11.6. The number of thiazole rings is 1. The molecule has 0 saturated carbocycles. The molecule has 0 saturated heterocycles. The fourth-order valence-electron chi connectivity index (χ4n) is 2.61. The number of pyridine rings is 1. The van der Waals surface area contributed by atoms with E-state index in [0.29, 0.717) is 17.2 Å². The van der Waals surface area contributed by atoms with Gasteiger partial charge >= 0.3 is 0 Å². The summed E-state index contributed by atoms with van der Waals surface area (Å²) in [5.74, 6) is -0.347. The first-order chi connectivity index (χ1) is 13.9. The predicted molar refractivity (Wildman–Crippen MR) is 114 cm³/mol. The van der Waals surface area contributed by atoms with Crippen LogP contribution in [0.5, 0.6) is 0 Å². The molecular formula is C20H22N4O3S2. The first-order valence-electron chi connectivity index (χ1n) is 9.15. The molecule has 9 heteroatoms. The van der Waals surface area contributed by atoms with Gasteiger partial charge in [-0.2, -0.15) is 0 Å². The van der Waals surface area contributed by atoms with Gasteiger partial charge in [-0.1, -0.05) is 13.3 Å². The van der Waals surface area contributed by atoms with Crippen molar-refractivity contribution in [2.75, 3.05) is 18.9 Å². The predicted octanol–water partition coefficient (Wildman–Crippen LogP) is 3.88. The number of hydrogen-bond acceptors (Lipinski definition) is 6. The zero-order chi connectivity index (χ0) is 20.9. The maximum absolute atomic E-state index is 12.6. The van der Waals surface area contributed by atoms with Gasteiger partial charge in [0.2, 0.25) is 10.0 Å². The van der Waals surface area contributed by atoms with E-state index in [2.05, 4.69) is 15.3 Å². The lowest BCUT2D eigenvalue weighted by Crippen LogP contribution is -2.28. The Balaban J connectivity index is 1.69. The Labute approximate surface area is 174 Å². The van der Waals surface area contributed by atoms with Crippen molar-refractivity contribution >= 4 is 32.4 Å². The molecule has 0 unspecified atom stereocenters. The Morgan fingerprint density at radius 2 is 1.97 bits per heavy atom. The molecule has 0 spiro atoms. The van der Waals surface area contributed by atoms with Crippen molar-refractivity contribution in [3.05, 3.63) is 59.7 Å². The van der Waals surface area contributed by atoms with Crippen LogP contribution in [-0.2, 0) is 10.0 Å². The maximum atomic E-state index is 12.6. The third kappa shape index (κ3) is 5.06. The summed E-state index contributed by atoms with van der Waals surface area (Å²) in [7, 11) is -1.99. The minimum absolute atomic E-state index is 0.167. The molecule has 2 heterocycles. The fraction of sp³-hybridized carbons (Fsp3) is 0.250. The monoisotopic (exact) mass is 430 g/mol. The van der Waals surface area contributed by atoms with Crippen LogP contribution in [0.1, 0.15) is 30.1 Å². The zero-order valence-corrected chi connectivity index (χ0v) is 17.8. The quantitative estimate of drug-likeness (QED) is 0.585. The Morgan fingerprint density at radius 3 is 2.62 bits per heavy atom.